The van der Waals surface area contributed by atoms with E-state index in [9.17, 15) is 5.26 Å². The van der Waals surface area contributed by atoms with Crippen molar-refractivity contribution in [2.75, 3.05) is 13.2 Å². The van der Waals surface area contributed by atoms with Crippen LogP contribution in [0, 0.1) is 17.2 Å². The van der Waals surface area contributed by atoms with Crippen LogP contribution in [-0.4, -0.2) is 18.8 Å². The summed E-state index contributed by atoms with van der Waals surface area (Å²) in [4.78, 5) is 0. The Hall–Kier alpha value is -1.25. The van der Waals surface area contributed by atoms with Gasteiger partial charge in [-0.25, -0.2) is 0 Å². The van der Waals surface area contributed by atoms with E-state index in [0.29, 0.717) is 13.2 Å². The van der Waals surface area contributed by atoms with Gasteiger partial charge < -0.3 is 4.74 Å². The number of nitriles is 1. The van der Waals surface area contributed by atoms with Crippen molar-refractivity contribution in [3.63, 3.8) is 0 Å². The first-order valence-electron chi connectivity index (χ1n) is 6.31. The molecule has 1 unspecified atom stereocenters. The lowest BCUT2D eigenvalue weighted by atomic mass is 9.82. The third kappa shape index (κ3) is 3.62. The molecular weight excluding hydrogens is 306 g/mol. The van der Waals surface area contributed by atoms with Crippen molar-refractivity contribution in [2.24, 2.45) is 16.1 Å². The maximum absolute atomic E-state index is 9.41. The summed E-state index contributed by atoms with van der Waals surface area (Å²) in [7, 11) is 0. The van der Waals surface area contributed by atoms with Crippen LogP contribution >= 0.6 is 15.9 Å². The maximum Gasteiger partial charge on any atom is 0.168 e. The molecule has 0 radical (unpaired) electrons. The van der Waals surface area contributed by atoms with E-state index in [-0.39, 0.29) is 5.92 Å². The zero-order valence-corrected chi connectivity index (χ0v) is 12.4. The minimum absolute atomic E-state index is 0.213. The first-order chi connectivity index (χ1) is 9.14. The summed E-state index contributed by atoms with van der Waals surface area (Å²) in [5.41, 5.74) is -0.00615. The molecule has 0 spiro atoms. The third-order valence-corrected chi connectivity index (χ3v) is 3.97. The summed E-state index contributed by atoms with van der Waals surface area (Å²) in [6.07, 6.45) is 1.73. The lowest BCUT2D eigenvalue weighted by Crippen LogP contribution is -2.35. The van der Waals surface area contributed by atoms with Gasteiger partial charge in [-0.05, 0) is 44.0 Å². The molecule has 0 amide bonds. The van der Waals surface area contributed by atoms with Crippen molar-refractivity contribution >= 4 is 21.6 Å². The quantitative estimate of drug-likeness (QED) is 0.782. The minimum Gasteiger partial charge on any atom is -0.381 e. The summed E-state index contributed by atoms with van der Waals surface area (Å²) in [5, 5.41) is 17.9. The normalized spacial score (nSPS) is 20.1. The standard InChI is InChI=1S/C14H16BrN3O/c1-14(10-16,11-6-8-19-9-7-11)18-17-13-4-2-12(15)3-5-13/h2-5,11H,6-9H2,1H3/b18-17+. The van der Waals surface area contributed by atoms with Crippen molar-refractivity contribution < 1.29 is 4.74 Å². The second-order valence-corrected chi connectivity index (χ2v) is 5.74. The first-order valence-corrected chi connectivity index (χ1v) is 7.11. The molecule has 1 aromatic rings. The van der Waals surface area contributed by atoms with E-state index in [4.69, 9.17) is 4.74 Å². The highest BCUT2D eigenvalue weighted by atomic mass is 79.9. The highest BCUT2D eigenvalue weighted by molar-refractivity contribution is 9.10. The van der Waals surface area contributed by atoms with Crippen LogP contribution in [0.1, 0.15) is 19.8 Å². The Balaban J connectivity index is 2.13. The Morgan fingerprint density at radius 2 is 1.95 bits per heavy atom. The van der Waals surface area contributed by atoms with Crippen LogP contribution in [0.25, 0.3) is 0 Å². The predicted octanol–water partition coefficient (Wildman–Crippen LogP) is 4.24. The average molecular weight is 322 g/mol. The van der Waals surface area contributed by atoms with Gasteiger partial charge in [0.15, 0.2) is 5.54 Å². The second kappa shape index (κ2) is 6.27. The highest BCUT2D eigenvalue weighted by Gasteiger charge is 2.35. The Morgan fingerprint density at radius 1 is 1.32 bits per heavy atom. The molecule has 1 saturated heterocycles. The number of rotatable bonds is 3. The Bertz CT molecular complexity index is 488. The molecule has 0 aliphatic carbocycles. The van der Waals surface area contributed by atoms with E-state index >= 15 is 0 Å². The van der Waals surface area contributed by atoms with Gasteiger partial charge in [-0.15, -0.1) is 0 Å². The SMILES string of the molecule is CC(C#N)(/N=N/c1ccc(Br)cc1)C1CCOCC1. The highest BCUT2D eigenvalue weighted by Crippen LogP contribution is 2.31. The largest absolute Gasteiger partial charge is 0.381 e. The molecule has 4 nitrogen and oxygen atoms in total. The van der Waals surface area contributed by atoms with E-state index in [0.717, 1.165) is 23.0 Å². The van der Waals surface area contributed by atoms with Gasteiger partial charge in [-0.2, -0.15) is 15.5 Å². The van der Waals surface area contributed by atoms with Gasteiger partial charge in [-0.3, -0.25) is 0 Å². The summed E-state index contributed by atoms with van der Waals surface area (Å²) in [6.45, 7) is 3.26. The minimum atomic E-state index is -0.767. The number of nitrogens with zero attached hydrogens (tertiary/aromatic N) is 3. The van der Waals surface area contributed by atoms with Gasteiger partial charge in [0.05, 0.1) is 11.8 Å². The fourth-order valence-corrected chi connectivity index (χ4v) is 2.39. The van der Waals surface area contributed by atoms with Gasteiger partial charge in [0.25, 0.3) is 0 Å². The van der Waals surface area contributed by atoms with Crippen LogP contribution < -0.4 is 0 Å². The Labute approximate surface area is 121 Å². The number of ether oxygens (including phenoxy) is 1. The molecule has 0 N–H and O–H groups in total. The average Bonchev–Trinajstić information content (AvgIpc) is 2.47. The number of halogens is 1. The van der Waals surface area contributed by atoms with Crippen LogP contribution in [0.15, 0.2) is 39.0 Å². The molecule has 1 fully saturated rings. The van der Waals surface area contributed by atoms with E-state index in [1.807, 2.05) is 31.2 Å². The van der Waals surface area contributed by atoms with Crippen molar-refractivity contribution in [1.82, 2.24) is 0 Å². The molecule has 0 aromatic heterocycles. The molecule has 100 valence electrons. The lowest BCUT2D eigenvalue weighted by Gasteiger charge is -2.30. The smallest absolute Gasteiger partial charge is 0.168 e. The predicted molar refractivity (Wildman–Crippen MR) is 76.2 cm³/mol. The van der Waals surface area contributed by atoms with Crippen molar-refractivity contribution in [3.8, 4) is 6.07 Å². The second-order valence-electron chi connectivity index (χ2n) is 4.82. The number of benzene rings is 1. The Morgan fingerprint density at radius 3 is 2.53 bits per heavy atom. The summed E-state index contributed by atoms with van der Waals surface area (Å²) in [6, 6.07) is 9.86. The zero-order chi connectivity index (χ0) is 13.7. The van der Waals surface area contributed by atoms with Crippen molar-refractivity contribution in [3.05, 3.63) is 28.7 Å². The molecule has 5 heteroatoms. The first kappa shape index (κ1) is 14.2. The molecule has 2 rings (SSSR count). The van der Waals surface area contributed by atoms with Crippen LogP contribution in [-0.2, 0) is 4.74 Å². The summed E-state index contributed by atoms with van der Waals surface area (Å²) < 4.78 is 6.33. The van der Waals surface area contributed by atoms with Crippen molar-refractivity contribution in [2.45, 2.75) is 25.3 Å². The van der Waals surface area contributed by atoms with Crippen LogP contribution in [0.3, 0.4) is 0 Å². The molecule has 1 aromatic carbocycles. The number of hydrogen-bond acceptors (Lipinski definition) is 4. The van der Waals surface area contributed by atoms with E-state index in [2.05, 4.69) is 32.2 Å². The maximum atomic E-state index is 9.41. The van der Waals surface area contributed by atoms with Gasteiger partial charge in [0, 0.05) is 23.6 Å². The molecule has 1 aliphatic rings. The Kier molecular flexibility index (Phi) is 4.67. The number of azo groups is 1. The topological polar surface area (TPSA) is 57.7 Å². The number of hydrogen-bond donors (Lipinski definition) is 0. The van der Waals surface area contributed by atoms with Gasteiger partial charge >= 0.3 is 0 Å². The van der Waals surface area contributed by atoms with Crippen LogP contribution in [0.5, 0.6) is 0 Å². The molecule has 1 atom stereocenters. The summed E-state index contributed by atoms with van der Waals surface area (Å²) in [5.74, 6) is 0.213. The van der Waals surface area contributed by atoms with Crippen LogP contribution in [0.4, 0.5) is 5.69 Å². The zero-order valence-electron chi connectivity index (χ0n) is 10.8. The molecular formula is C14H16BrN3O. The van der Waals surface area contributed by atoms with E-state index in [1.54, 1.807) is 0 Å². The summed E-state index contributed by atoms with van der Waals surface area (Å²) >= 11 is 3.37. The van der Waals surface area contributed by atoms with E-state index in [1.165, 1.54) is 0 Å². The van der Waals surface area contributed by atoms with E-state index < -0.39 is 5.54 Å². The van der Waals surface area contributed by atoms with Crippen molar-refractivity contribution in [1.29, 1.82) is 5.26 Å². The fourth-order valence-electron chi connectivity index (χ4n) is 2.12. The van der Waals surface area contributed by atoms with Gasteiger partial charge in [-0.1, -0.05) is 15.9 Å². The van der Waals surface area contributed by atoms with Crippen LogP contribution in [0.2, 0.25) is 0 Å². The molecule has 1 heterocycles. The third-order valence-electron chi connectivity index (χ3n) is 3.44. The van der Waals surface area contributed by atoms with Gasteiger partial charge in [0.2, 0.25) is 0 Å². The molecule has 0 saturated carbocycles. The molecule has 1 aliphatic heterocycles. The molecule has 19 heavy (non-hydrogen) atoms. The lowest BCUT2D eigenvalue weighted by molar-refractivity contribution is 0.0508. The van der Waals surface area contributed by atoms with Gasteiger partial charge in [0.1, 0.15) is 0 Å². The fraction of sp³-hybridized carbons (Fsp3) is 0.500. The monoisotopic (exact) mass is 321 g/mol. The molecule has 0 bridgehead atoms.